The first-order valence-electron chi connectivity index (χ1n) is 6.65. The van der Waals surface area contributed by atoms with E-state index in [1.807, 2.05) is 30.5 Å². The van der Waals surface area contributed by atoms with E-state index in [9.17, 15) is 4.79 Å². The maximum absolute atomic E-state index is 11.8. The van der Waals surface area contributed by atoms with Gasteiger partial charge in [-0.1, -0.05) is 24.1 Å². The van der Waals surface area contributed by atoms with Gasteiger partial charge in [0.1, 0.15) is 0 Å². The third kappa shape index (κ3) is 4.20. The normalized spacial score (nSPS) is 15.3. The van der Waals surface area contributed by atoms with Crippen molar-refractivity contribution >= 4 is 35.9 Å². The standard InChI is InChI=1S/C14H20N4O2S/c1-15-12-6-4-5-7-13(12)17(2)20-10-14(19)16-11-8-18(9-11)21-3/h4-7,11H,1,8-10H2,2-3H3,(H,16,19). The van der Waals surface area contributed by atoms with E-state index in [2.05, 4.69) is 21.3 Å². The first-order chi connectivity index (χ1) is 10.1. The Bertz CT molecular complexity index is 506. The molecule has 0 saturated carbocycles. The SMILES string of the molecule is C=Nc1ccccc1N(C)OCC(=O)NC1CN(SC)C1. The minimum atomic E-state index is -0.114. The average molecular weight is 308 g/mol. The monoisotopic (exact) mass is 308 g/mol. The molecule has 1 fully saturated rings. The Balaban J connectivity index is 1.77. The molecular weight excluding hydrogens is 288 g/mol. The predicted octanol–water partition coefficient (Wildman–Crippen LogP) is 1.46. The van der Waals surface area contributed by atoms with Crippen LogP contribution in [-0.4, -0.2) is 56.0 Å². The Labute approximate surface area is 129 Å². The maximum atomic E-state index is 11.8. The summed E-state index contributed by atoms with van der Waals surface area (Å²) >= 11 is 1.69. The number of benzene rings is 1. The maximum Gasteiger partial charge on any atom is 0.249 e. The van der Waals surface area contributed by atoms with Gasteiger partial charge in [0.05, 0.1) is 17.4 Å². The number of nitrogens with zero attached hydrogens (tertiary/aromatic N) is 3. The number of hydrogen-bond acceptors (Lipinski definition) is 6. The van der Waals surface area contributed by atoms with E-state index < -0.39 is 0 Å². The second kappa shape index (κ2) is 7.44. The molecular formula is C14H20N4O2S. The van der Waals surface area contributed by atoms with Gasteiger partial charge in [-0.25, -0.2) is 4.31 Å². The lowest BCUT2D eigenvalue weighted by Crippen LogP contribution is -2.57. The van der Waals surface area contributed by atoms with Crippen molar-refractivity contribution in [3.8, 4) is 0 Å². The van der Waals surface area contributed by atoms with Crippen molar-refractivity contribution in [2.24, 2.45) is 4.99 Å². The van der Waals surface area contributed by atoms with Gasteiger partial charge < -0.3 is 5.32 Å². The summed E-state index contributed by atoms with van der Waals surface area (Å²) in [5.74, 6) is -0.114. The fourth-order valence-corrected chi connectivity index (χ4v) is 2.70. The molecule has 1 aliphatic heterocycles. The highest BCUT2D eigenvalue weighted by molar-refractivity contribution is 7.96. The highest BCUT2D eigenvalue weighted by Crippen LogP contribution is 2.26. The molecule has 1 N–H and O–H groups in total. The summed E-state index contributed by atoms with van der Waals surface area (Å²) in [5, 5.41) is 4.47. The molecule has 0 atom stereocenters. The van der Waals surface area contributed by atoms with E-state index in [0.29, 0.717) is 0 Å². The molecule has 0 unspecified atom stereocenters. The number of rotatable bonds is 7. The molecule has 114 valence electrons. The van der Waals surface area contributed by atoms with Crippen molar-refractivity contribution < 1.29 is 9.63 Å². The van der Waals surface area contributed by atoms with Crippen molar-refractivity contribution in [3.63, 3.8) is 0 Å². The molecule has 1 aromatic carbocycles. The third-order valence-corrected chi connectivity index (χ3v) is 4.07. The lowest BCUT2D eigenvalue weighted by Gasteiger charge is -2.37. The fourth-order valence-electron chi connectivity index (χ4n) is 2.04. The van der Waals surface area contributed by atoms with Crippen LogP contribution in [0.5, 0.6) is 0 Å². The number of para-hydroxylation sites is 2. The molecule has 21 heavy (non-hydrogen) atoms. The molecule has 0 spiro atoms. The van der Waals surface area contributed by atoms with Gasteiger partial charge in [0.25, 0.3) is 0 Å². The Morgan fingerprint density at radius 2 is 2.29 bits per heavy atom. The Kier molecular flexibility index (Phi) is 5.60. The Morgan fingerprint density at radius 1 is 1.57 bits per heavy atom. The molecule has 7 heteroatoms. The smallest absolute Gasteiger partial charge is 0.249 e. The molecule has 0 aromatic heterocycles. The lowest BCUT2D eigenvalue weighted by atomic mass is 10.2. The summed E-state index contributed by atoms with van der Waals surface area (Å²) in [6.07, 6.45) is 2.03. The molecule has 1 aromatic rings. The van der Waals surface area contributed by atoms with Crippen molar-refractivity contribution in [1.82, 2.24) is 9.62 Å². The van der Waals surface area contributed by atoms with E-state index in [4.69, 9.17) is 4.84 Å². The summed E-state index contributed by atoms with van der Waals surface area (Å²) in [5.41, 5.74) is 1.49. The van der Waals surface area contributed by atoms with Crippen LogP contribution in [-0.2, 0) is 9.63 Å². The largest absolute Gasteiger partial charge is 0.349 e. The van der Waals surface area contributed by atoms with Crippen LogP contribution in [0.15, 0.2) is 29.3 Å². The highest BCUT2D eigenvalue weighted by Gasteiger charge is 2.27. The molecule has 2 rings (SSSR count). The van der Waals surface area contributed by atoms with Crippen molar-refractivity contribution in [1.29, 1.82) is 0 Å². The molecule has 0 bridgehead atoms. The van der Waals surface area contributed by atoms with Gasteiger partial charge in [0, 0.05) is 20.1 Å². The molecule has 6 nitrogen and oxygen atoms in total. The quantitative estimate of drug-likeness (QED) is 0.469. The Morgan fingerprint density at radius 3 is 2.95 bits per heavy atom. The van der Waals surface area contributed by atoms with Crippen LogP contribution in [0.1, 0.15) is 0 Å². The van der Waals surface area contributed by atoms with Gasteiger partial charge in [-0.2, -0.15) is 0 Å². The van der Waals surface area contributed by atoms with E-state index in [-0.39, 0.29) is 18.6 Å². The van der Waals surface area contributed by atoms with Gasteiger partial charge in [-0.3, -0.25) is 19.7 Å². The fraction of sp³-hybridized carbons (Fsp3) is 0.429. The molecule has 0 aliphatic carbocycles. The van der Waals surface area contributed by atoms with Gasteiger partial charge in [-0.05, 0) is 25.1 Å². The van der Waals surface area contributed by atoms with Gasteiger partial charge >= 0.3 is 0 Å². The molecule has 1 aliphatic rings. The first-order valence-corrected chi connectivity index (χ1v) is 7.83. The summed E-state index contributed by atoms with van der Waals surface area (Å²) in [6, 6.07) is 7.69. The zero-order valence-electron chi connectivity index (χ0n) is 12.3. The molecule has 0 radical (unpaired) electrons. The zero-order valence-corrected chi connectivity index (χ0v) is 13.1. The van der Waals surface area contributed by atoms with Crippen LogP contribution in [0.25, 0.3) is 0 Å². The van der Waals surface area contributed by atoms with Crippen molar-refractivity contribution in [3.05, 3.63) is 24.3 Å². The summed E-state index contributed by atoms with van der Waals surface area (Å²) < 4.78 is 2.18. The van der Waals surface area contributed by atoms with E-state index in [0.717, 1.165) is 24.5 Å². The van der Waals surface area contributed by atoms with Crippen molar-refractivity contribution in [2.75, 3.05) is 38.1 Å². The minimum absolute atomic E-state index is 0.0161. The van der Waals surface area contributed by atoms with Gasteiger partial charge in [0.2, 0.25) is 5.91 Å². The number of anilines is 1. The topological polar surface area (TPSA) is 57.2 Å². The Hall–Kier alpha value is -1.57. The number of hydroxylamine groups is 1. The van der Waals surface area contributed by atoms with E-state index >= 15 is 0 Å². The first kappa shape index (κ1) is 15.8. The minimum Gasteiger partial charge on any atom is -0.349 e. The number of aliphatic imine (C=N–C) groups is 1. The summed E-state index contributed by atoms with van der Waals surface area (Å²) in [7, 11) is 1.75. The van der Waals surface area contributed by atoms with Crippen LogP contribution >= 0.6 is 11.9 Å². The number of nitrogens with one attached hydrogen (secondary N) is 1. The van der Waals surface area contributed by atoms with Crippen LogP contribution in [0.2, 0.25) is 0 Å². The zero-order chi connectivity index (χ0) is 15.2. The second-order valence-electron chi connectivity index (χ2n) is 4.71. The van der Waals surface area contributed by atoms with Gasteiger partial charge in [-0.15, -0.1) is 0 Å². The number of amides is 1. The molecule has 1 saturated heterocycles. The second-order valence-corrected chi connectivity index (χ2v) is 5.59. The average Bonchev–Trinajstić information content (AvgIpc) is 2.47. The number of carbonyl (C=O) groups excluding carboxylic acids is 1. The molecule has 1 heterocycles. The van der Waals surface area contributed by atoms with Crippen LogP contribution in [0.4, 0.5) is 11.4 Å². The van der Waals surface area contributed by atoms with Crippen LogP contribution in [0.3, 0.4) is 0 Å². The summed E-state index contributed by atoms with van der Waals surface area (Å²) in [4.78, 5) is 21.2. The molecule has 1 amide bonds. The van der Waals surface area contributed by atoms with E-state index in [1.165, 1.54) is 0 Å². The number of hydrogen-bond donors (Lipinski definition) is 1. The third-order valence-electron chi connectivity index (χ3n) is 3.25. The van der Waals surface area contributed by atoms with Gasteiger partial charge in [0.15, 0.2) is 6.61 Å². The number of carbonyl (C=O) groups is 1. The van der Waals surface area contributed by atoms with Crippen LogP contribution < -0.4 is 10.4 Å². The van der Waals surface area contributed by atoms with Crippen molar-refractivity contribution in [2.45, 2.75) is 6.04 Å². The predicted molar refractivity (Wildman–Crippen MR) is 87.0 cm³/mol. The summed E-state index contributed by atoms with van der Waals surface area (Å²) in [6.45, 7) is 5.27. The van der Waals surface area contributed by atoms with Crippen LogP contribution in [0, 0.1) is 0 Å². The highest BCUT2D eigenvalue weighted by atomic mass is 32.2. The lowest BCUT2D eigenvalue weighted by molar-refractivity contribution is -0.127. The van der Waals surface area contributed by atoms with E-state index in [1.54, 1.807) is 24.1 Å².